The van der Waals surface area contributed by atoms with Crippen LogP contribution in [0.4, 0.5) is 0 Å². The average Bonchev–Trinajstić information content (AvgIpc) is 3.68. The summed E-state index contributed by atoms with van der Waals surface area (Å²) in [5, 5.41) is 25.1. The van der Waals surface area contributed by atoms with Gasteiger partial charge in [0.1, 0.15) is 18.3 Å². The zero-order valence-electron chi connectivity index (χ0n) is 49.6. The highest BCUT2D eigenvalue weighted by atomic mass is 16.7. The third-order valence-electron chi connectivity index (χ3n) is 15.3. The second-order valence-electron chi connectivity index (χ2n) is 22.2. The topological polar surface area (TPSA) is 167 Å². The Labute approximate surface area is 487 Å². The standard InChI is InChI=1S/C69H103NO11/c1-3-5-7-9-11-13-15-17-18-19-20-21-22-23-24-26-28-30-32-34-45-53-62(72)70-59(60(78-66(74)56-46-38-35-39-47-56)52-44-33-31-29-27-25-16-14-12-10-8-6-4-2)55-77-69-65(81-68(76)58-50-42-37-43-51-58)64(63(73)61(54-71)79-69)80-67(75)57-48-40-36-41-49-57/h35-53,59-61,63-65,69,71,73H,3-34,54-55H2,1-2H3,(H,70,72)/t59-,60+,61+,63+,64-,65+,69+/m0/s1. The van der Waals surface area contributed by atoms with Crippen molar-refractivity contribution in [3.05, 3.63) is 132 Å². The lowest BCUT2D eigenvalue weighted by Gasteiger charge is -2.43. The molecule has 81 heavy (non-hydrogen) atoms. The summed E-state index contributed by atoms with van der Waals surface area (Å²) in [7, 11) is 0. The third-order valence-corrected chi connectivity index (χ3v) is 15.3. The van der Waals surface area contributed by atoms with Crippen LogP contribution in [-0.4, -0.2) is 90.1 Å². The van der Waals surface area contributed by atoms with Crippen LogP contribution in [0.25, 0.3) is 0 Å². The molecule has 1 saturated heterocycles. The van der Waals surface area contributed by atoms with Gasteiger partial charge in [0.2, 0.25) is 5.91 Å². The van der Waals surface area contributed by atoms with Gasteiger partial charge < -0.3 is 39.2 Å². The SMILES string of the molecule is CCCCCCCCCCCCCC=C[C@@H](OC(=O)c1ccccc1)[C@H](CO[C@@H]1O[C@H](CO)[C@@H](O)[C@H](OC(=O)c2ccccc2)[C@H]1OC(=O)c1ccccc1)NC(=O)C=CCCCCCCCCCCCCCCCCCCCCC. The molecule has 0 saturated carbocycles. The second-order valence-corrected chi connectivity index (χ2v) is 22.2. The predicted octanol–water partition coefficient (Wildman–Crippen LogP) is 15.9. The smallest absolute Gasteiger partial charge is 0.338 e. The number of benzene rings is 3. The van der Waals surface area contributed by atoms with E-state index in [1.54, 1.807) is 97.1 Å². The molecule has 1 heterocycles. The molecule has 0 radical (unpaired) electrons. The van der Waals surface area contributed by atoms with Gasteiger partial charge in [-0.05, 0) is 74.2 Å². The van der Waals surface area contributed by atoms with Crippen molar-refractivity contribution >= 4 is 23.8 Å². The molecule has 0 aliphatic carbocycles. The summed E-state index contributed by atoms with van der Waals surface area (Å²) >= 11 is 0. The van der Waals surface area contributed by atoms with Gasteiger partial charge in [0.25, 0.3) is 0 Å². The monoisotopic (exact) mass is 1120 g/mol. The van der Waals surface area contributed by atoms with Crippen LogP contribution in [0.1, 0.15) is 250 Å². The van der Waals surface area contributed by atoms with Gasteiger partial charge in [0.05, 0.1) is 35.9 Å². The first-order chi connectivity index (χ1) is 39.7. The highest BCUT2D eigenvalue weighted by Gasteiger charge is 2.51. The molecule has 1 amide bonds. The molecule has 3 aromatic rings. The van der Waals surface area contributed by atoms with Crippen LogP contribution >= 0.6 is 0 Å². The Morgan fingerprint density at radius 1 is 0.506 bits per heavy atom. The van der Waals surface area contributed by atoms with Crippen LogP contribution in [0, 0.1) is 0 Å². The molecule has 3 aromatic carbocycles. The lowest BCUT2D eigenvalue weighted by Crippen LogP contribution is -2.62. The number of carbonyl (C=O) groups excluding carboxylic acids is 4. The Morgan fingerprint density at radius 3 is 1.28 bits per heavy atom. The fourth-order valence-electron chi connectivity index (χ4n) is 10.3. The van der Waals surface area contributed by atoms with Gasteiger partial charge in [0, 0.05) is 0 Å². The summed E-state index contributed by atoms with van der Waals surface area (Å²) < 4.78 is 30.7. The quantitative estimate of drug-likeness (QED) is 0.0162. The Kier molecular flexibility index (Phi) is 37.5. The molecule has 4 rings (SSSR count). The highest BCUT2D eigenvalue weighted by Crippen LogP contribution is 2.29. The maximum atomic E-state index is 13.9. The summed E-state index contributed by atoms with van der Waals surface area (Å²) in [5.41, 5.74) is 0.672. The van der Waals surface area contributed by atoms with E-state index in [9.17, 15) is 29.4 Å². The van der Waals surface area contributed by atoms with E-state index in [1.165, 1.54) is 160 Å². The van der Waals surface area contributed by atoms with Crippen molar-refractivity contribution in [1.29, 1.82) is 0 Å². The molecule has 0 unspecified atom stereocenters. The summed E-state index contributed by atoms with van der Waals surface area (Å²) in [6, 6.07) is 23.9. The fourth-order valence-corrected chi connectivity index (χ4v) is 10.3. The minimum Gasteiger partial charge on any atom is -0.452 e. The first-order valence-electron chi connectivity index (χ1n) is 31.7. The molecule has 0 bridgehead atoms. The number of esters is 3. The van der Waals surface area contributed by atoms with Gasteiger partial charge in [-0.25, -0.2) is 14.4 Å². The second kappa shape index (κ2) is 44.4. The lowest BCUT2D eigenvalue weighted by molar-refractivity contribution is -0.300. The van der Waals surface area contributed by atoms with E-state index in [-0.39, 0.29) is 17.7 Å². The van der Waals surface area contributed by atoms with Gasteiger partial charge in [-0.1, -0.05) is 260 Å². The van der Waals surface area contributed by atoms with Gasteiger partial charge in [-0.2, -0.15) is 0 Å². The molecule has 12 heteroatoms. The van der Waals surface area contributed by atoms with Crippen molar-refractivity contribution < 1.29 is 53.1 Å². The van der Waals surface area contributed by atoms with Gasteiger partial charge >= 0.3 is 17.9 Å². The molecule has 450 valence electrons. The van der Waals surface area contributed by atoms with Crippen LogP contribution in [0.15, 0.2) is 115 Å². The van der Waals surface area contributed by atoms with E-state index < -0.39 is 73.3 Å². The summed E-state index contributed by atoms with van der Waals surface area (Å²) in [6.45, 7) is 3.44. The normalized spacial score (nSPS) is 18.0. The predicted molar refractivity (Wildman–Crippen MR) is 324 cm³/mol. The number of hydrogen-bond donors (Lipinski definition) is 3. The molecule has 0 spiro atoms. The van der Waals surface area contributed by atoms with E-state index in [0.29, 0.717) is 12.0 Å². The first kappa shape index (κ1) is 68.4. The summed E-state index contributed by atoms with van der Waals surface area (Å²) in [6.07, 6.45) is 37.9. The summed E-state index contributed by atoms with van der Waals surface area (Å²) in [5.74, 6) is -2.67. The number of nitrogens with one attached hydrogen (secondary N) is 1. The Balaban J connectivity index is 1.43. The van der Waals surface area contributed by atoms with Crippen molar-refractivity contribution in [2.45, 2.75) is 262 Å². The van der Waals surface area contributed by atoms with Crippen molar-refractivity contribution in [3.8, 4) is 0 Å². The molecule has 1 aliphatic heterocycles. The average molecular weight is 1120 g/mol. The Bertz CT molecular complexity index is 2130. The van der Waals surface area contributed by atoms with E-state index in [1.807, 2.05) is 12.2 Å². The van der Waals surface area contributed by atoms with Crippen molar-refractivity contribution in [1.82, 2.24) is 5.32 Å². The number of aliphatic hydroxyl groups excluding tert-OH is 2. The third kappa shape index (κ3) is 29.6. The molecular weight excluding hydrogens is 1020 g/mol. The largest absolute Gasteiger partial charge is 0.452 e. The van der Waals surface area contributed by atoms with Crippen molar-refractivity contribution in [2.75, 3.05) is 13.2 Å². The van der Waals surface area contributed by atoms with Crippen molar-refractivity contribution in [3.63, 3.8) is 0 Å². The Morgan fingerprint density at radius 2 is 0.877 bits per heavy atom. The minimum absolute atomic E-state index is 0.177. The number of hydrogen-bond acceptors (Lipinski definition) is 11. The fraction of sp³-hybridized carbons (Fsp3) is 0.623. The maximum Gasteiger partial charge on any atom is 0.338 e. The van der Waals surface area contributed by atoms with Crippen LogP contribution in [-0.2, 0) is 28.5 Å². The number of allylic oxidation sites excluding steroid dienone is 2. The number of amides is 1. The zero-order valence-corrected chi connectivity index (χ0v) is 49.6. The van der Waals surface area contributed by atoms with E-state index >= 15 is 0 Å². The summed E-state index contributed by atoms with van der Waals surface area (Å²) in [4.78, 5) is 55.1. The first-order valence-corrected chi connectivity index (χ1v) is 31.7. The molecule has 0 aromatic heterocycles. The van der Waals surface area contributed by atoms with Crippen LogP contribution in [0.3, 0.4) is 0 Å². The number of rotatable bonds is 46. The van der Waals surface area contributed by atoms with Crippen LogP contribution in [0.2, 0.25) is 0 Å². The van der Waals surface area contributed by atoms with Gasteiger partial charge in [-0.3, -0.25) is 4.79 Å². The molecule has 1 aliphatic rings. The Hall–Kier alpha value is -5.14. The molecular formula is C69H103NO11. The number of unbranched alkanes of at least 4 members (excludes halogenated alkanes) is 30. The van der Waals surface area contributed by atoms with E-state index in [4.69, 9.17) is 23.7 Å². The highest BCUT2D eigenvalue weighted by molar-refractivity contribution is 5.91. The number of aliphatic hydroxyl groups is 2. The molecule has 3 N–H and O–H groups in total. The zero-order chi connectivity index (χ0) is 57.8. The van der Waals surface area contributed by atoms with Crippen LogP contribution in [0.5, 0.6) is 0 Å². The molecule has 12 nitrogen and oxygen atoms in total. The number of ether oxygens (including phenoxy) is 5. The van der Waals surface area contributed by atoms with E-state index in [0.717, 1.165) is 44.9 Å². The molecule has 1 fully saturated rings. The molecule has 7 atom stereocenters. The maximum absolute atomic E-state index is 13.9. The van der Waals surface area contributed by atoms with Crippen molar-refractivity contribution in [2.24, 2.45) is 0 Å². The lowest BCUT2D eigenvalue weighted by atomic mass is 9.98. The van der Waals surface area contributed by atoms with Gasteiger partial charge in [-0.15, -0.1) is 0 Å². The number of carbonyl (C=O) groups is 4. The minimum atomic E-state index is -1.65. The van der Waals surface area contributed by atoms with Gasteiger partial charge in [0.15, 0.2) is 18.5 Å². The van der Waals surface area contributed by atoms with E-state index in [2.05, 4.69) is 19.2 Å². The van der Waals surface area contributed by atoms with Crippen LogP contribution < -0.4 is 5.32 Å².